The van der Waals surface area contributed by atoms with Gasteiger partial charge in [0.2, 0.25) is 17.5 Å². The molecule has 0 spiro atoms. The van der Waals surface area contributed by atoms with Crippen LogP contribution in [0.4, 0.5) is 11.6 Å². The molecule has 3 rings (SSSR count). The number of rotatable bonds is 6. The first-order valence-corrected chi connectivity index (χ1v) is 8.29. The molecule has 0 saturated carbocycles. The van der Waals surface area contributed by atoms with Crippen LogP contribution in [0, 0.1) is 11.3 Å². The molecular weight excluding hydrogens is 322 g/mol. The summed E-state index contributed by atoms with van der Waals surface area (Å²) in [5.41, 5.74) is 1.01. The van der Waals surface area contributed by atoms with Gasteiger partial charge >= 0.3 is 0 Å². The minimum Gasteiger partial charge on any atom is -0.494 e. The maximum atomic E-state index is 9.22. The molecule has 2 aromatic heterocycles. The molecule has 0 aliphatic carbocycles. The number of hydrogen-bond donors (Lipinski definition) is 1. The monoisotopic (exact) mass is 337 g/mol. The van der Waals surface area contributed by atoms with E-state index < -0.39 is 0 Å². The Balaban J connectivity index is 1.76. The van der Waals surface area contributed by atoms with Gasteiger partial charge in [0, 0.05) is 16.6 Å². The first-order chi connectivity index (χ1) is 11.8. The Bertz CT molecular complexity index is 859. The van der Waals surface area contributed by atoms with Crippen molar-refractivity contribution in [1.29, 1.82) is 5.26 Å². The Morgan fingerprint density at radius 2 is 2.12 bits per heavy atom. The van der Waals surface area contributed by atoms with Crippen LogP contribution in [-0.2, 0) is 0 Å². The van der Waals surface area contributed by atoms with Crippen molar-refractivity contribution in [2.24, 2.45) is 0 Å². The summed E-state index contributed by atoms with van der Waals surface area (Å²) in [5.74, 6) is 1.50. The maximum Gasteiger partial charge on any atom is 0.236 e. The number of thiophene rings is 1. The van der Waals surface area contributed by atoms with Gasteiger partial charge in [0.25, 0.3) is 0 Å². The van der Waals surface area contributed by atoms with Gasteiger partial charge in [0.05, 0.1) is 6.61 Å². The molecule has 0 saturated heterocycles. The molecule has 0 aliphatic heterocycles. The standard InChI is InChI=1S/C18H15N3O2S/c1-2-22-14-7-5-13(6-8-14)20-18-16(12-19)21-17(23-18)10-9-15-4-3-11-24-15/h3-11,20H,2H2,1H3/b10-9+. The number of anilines is 2. The van der Waals surface area contributed by atoms with Crippen molar-refractivity contribution in [3.63, 3.8) is 0 Å². The van der Waals surface area contributed by atoms with Crippen molar-refractivity contribution in [2.75, 3.05) is 11.9 Å². The number of ether oxygens (including phenoxy) is 1. The summed E-state index contributed by atoms with van der Waals surface area (Å²) in [5, 5.41) is 14.3. The summed E-state index contributed by atoms with van der Waals surface area (Å²) in [4.78, 5) is 5.26. The van der Waals surface area contributed by atoms with Crippen LogP contribution in [0.25, 0.3) is 12.2 Å². The van der Waals surface area contributed by atoms with Crippen LogP contribution in [0.5, 0.6) is 5.75 Å². The average Bonchev–Trinajstić information content (AvgIpc) is 3.24. The molecule has 0 amide bonds. The van der Waals surface area contributed by atoms with Crippen LogP contribution >= 0.6 is 11.3 Å². The van der Waals surface area contributed by atoms with E-state index in [2.05, 4.69) is 10.3 Å². The van der Waals surface area contributed by atoms with E-state index >= 15 is 0 Å². The zero-order chi connectivity index (χ0) is 16.8. The zero-order valence-electron chi connectivity index (χ0n) is 13.0. The largest absolute Gasteiger partial charge is 0.494 e. The third kappa shape index (κ3) is 3.83. The minimum absolute atomic E-state index is 0.217. The molecule has 0 fully saturated rings. The third-order valence-electron chi connectivity index (χ3n) is 3.11. The molecule has 0 atom stereocenters. The number of oxazole rings is 1. The highest BCUT2D eigenvalue weighted by atomic mass is 32.1. The molecule has 1 N–H and O–H groups in total. The second kappa shape index (κ2) is 7.49. The lowest BCUT2D eigenvalue weighted by atomic mass is 10.3. The van der Waals surface area contributed by atoms with Gasteiger partial charge in [0.15, 0.2) is 0 Å². The molecule has 1 aromatic carbocycles. The second-order valence-electron chi connectivity index (χ2n) is 4.77. The lowest BCUT2D eigenvalue weighted by Crippen LogP contribution is -1.93. The van der Waals surface area contributed by atoms with Gasteiger partial charge in [-0.15, -0.1) is 11.3 Å². The highest BCUT2D eigenvalue weighted by Gasteiger charge is 2.11. The van der Waals surface area contributed by atoms with E-state index in [-0.39, 0.29) is 5.69 Å². The number of hydrogen-bond acceptors (Lipinski definition) is 6. The minimum atomic E-state index is 0.217. The van der Waals surface area contributed by atoms with Crippen molar-refractivity contribution >= 4 is 35.1 Å². The number of aromatic nitrogens is 1. The number of nitriles is 1. The predicted octanol–water partition coefficient (Wildman–Crippen LogP) is 4.92. The van der Waals surface area contributed by atoms with E-state index in [1.807, 2.05) is 60.8 Å². The van der Waals surface area contributed by atoms with Crippen molar-refractivity contribution in [3.8, 4) is 11.8 Å². The lowest BCUT2D eigenvalue weighted by Gasteiger charge is -2.05. The van der Waals surface area contributed by atoms with Gasteiger partial charge in [-0.2, -0.15) is 10.2 Å². The van der Waals surface area contributed by atoms with Crippen LogP contribution in [0.15, 0.2) is 46.2 Å². The molecule has 120 valence electrons. The predicted molar refractivity (Wildman–Crippen MR) is 95.4 cm³/mol. The molecule has 5 nitrogen and oxygen atoms in total. The van der Waals surface area contributed by atoms with Gasteiger partial charge < -0.3 is 14.5 Å². The molecule has 24 heavy (non-hydrogen) atoms. The Kier molecular flexibility index (Phi) is 4.94. The molecule has 0 unspecified atom stereocenters. The van der Waals surface area contributed by atoms with Gasteiger partial charge in [0.1, 0.15) is 11.8 Å². The Morgan fingerprint density at radius 1 is 1.29 bits per heavy atom. The maximum absolute atomic E-state index is 9.22. The van der Waals surface area contributed by atoms with Crippen molar-refractivity contribution in [3.05, 3.63) is 58.2 Å². The smallest absolute Gasteiger partial charge is 0.236 e. The van der Waals surface area contributed by atoms with Gasteiger partial charge in [-0.3, -0.25) is 0 Å². The summed E-state index contributed by atoms with van der Waals surface area (Å²) < 4.78 is 11.0. The van der Waals surface area contributed by atoms with Crippen molar-refractivity contribution in [2.45, 2.75) is 6.92 Å². The van der Waals surface area contributed by atoms with Crippen molar-refractivity contribution < 1.29 is 9.15 Å². The second-order valence-corrected chi connectivity index (χ2v) is 5.75. The SMILES string of the molecule is CCOc1ccc(Nc2oc(/C=C/c3cccs3)nc2C#N)cc1. The van der Waals surface area contributed by atoms with E-state index in [1.165, 1.54) is 0 Å². The normalized spacial score (nSPS) is 10.7. The fourth-order valence-corrected chi connectivity index (χ4v) is 2.66. The first-order valence-electron chi connectivity index (χ1n) is 7.41. The van der Waals surface area contributed by atoms with Gasteiger partial charge in [-0.05, 0) is 48.7 Å². The van der Waals surface area contributed by atoms with Crippen LogP contribution in [0.3, 0.4) is 0 Å². The zero-order valence-corrected chi connectivity index (χ0v) is 13.8. The number of benzene rings is 1. The molecule has 0 aliphatic rings. The Hall–Kier alpha value is -3.04. The van der Waals surface area contributed by atoms with Gasteiger partial charge in [-0.1, -0.05) is 6.07 Å². The van der Waals surface area contributed by atoms with E-state index in [4.69, 9.17) is 9.15 Å². The third-order valence-corrected chi connectivity index (χ3v) is 3.94. The Morgan fingerprint density at radius 3 is 2.79 bits per heavy atom. The summed E-state index contributed by atoms with van der Waals surface area (Å²) in [6.07, 6.45) is 3.65. The molecule has 0 bridgehead atoms. The molecule has 0 radical (unpaired) electrons. The first kappa shape index (κ1) is 15.8. The van der Waals surface area contributed by atoms with E-state index in [0.29, 0.717) is 18.4 Å². The quantitative estimate of drug-likeness (QED) is 0.691. The van der Waals surface area contributed by atoms with Crippen LogP contribution in [-0.4, -0.2) is 11.6 Å². The molecule has 2 heterocycles. The number of nitrogens with zero attached hydrogens (tertiary/aromatic N) is 2. The van der Waals surface area contributed by atoms with E-state index in [1.54, 1.807) is 17.4 Å². The molecule has 3 aromatic rings. The fraction of sp³-hybridized carbons (Fsp3) is 0.111. The average molecular weight is 337 g/mol. The van der Waals surface area contributed by atoms with Crippen LogP contribution in [0.2, 0.25) is 0 Å². The summed E-state index contributed by atoms with van der Waals surface area (Å²) in [6.45, 7) is 2.55. The Labute approximate surface area is 143 Å². The summed E-state index contributed by atoms with van der Waals surface area (Å²) in [6, 6.07) is 13.4. The van der Waals surface area contributed by atoms with Crippen LogP contribution in [0.1, 0.15) is 23.4 Å². The van der Waals surface area contributed by atoms with Crippen molar-refractivity contribution in [1.82, 2.24) is 4.98 Å². The topological polar surface area (TPSA) is 71.1 Å². The van der Waals surface area contributed by atoms with E-state index in [0.717, 1.165) is 16.3 Å². The highest BCUT2D eigenvalue weighted by molar-refractivity contribution is 7.10. The van der Waals surface area contributed by atoms with E-state index in [9.17, 15) is 5.26 Å². The van der Waals surface area contributed by atoms with Crippen LogP contribution < -0.4 is 10.1 Å². The highest BCUT2D eigenvalue weighted by Crippen LogP contribution is 2.24. The summed E-state index contributed by atoms with van der Waals surface area (Å²) >= 11 is 1.62. The molecule has 6 heteroatoms. The fourth-order valence-electron chi connectivity index (χ4n) is 2.04. The molecular formula is C18H15N3O2S. The lowest BCUT2D eigenvalue weighted by molar-refractivity contribution is 0.340. The number of nitrogens with one attached hydrogen (secondary N) is 1. The van der Waals surface area contributed by atoms with Gasteiger partial charge in [-0.25, -0.2) is 0 Å². The summed E-state index contributed by atoms with van der Waals surface area (Å²) in [7, 11) is 0.